The predicted molar refractivity (Wildman–Crippen MR) is 134 cm³/mol. The summed E-state index contributed by atoms with van der Waals surface area (Å²) in [5, 5.41) is 12.2. The smallest absolute Gasteiger partial charge is 0.262 e. The maximum atomic E-state index is 13.3. The molecule has 35 heavy (non-hydrogen) atoms. The molecule has 10 heteroatoms. The van der Waals surface area contributed by atoms with Crippen molar-refractivity contribution in [3.8, 4) is 0 Å². The van der Waals surface area contributed by atoms with Crippen molar-refractivity contribution < 1.29 is 14.0 Å². The van der Waals surface area contributed by atoms with Crippen LogP contribution in [-0.4, -0.2) is 42.7 Å². The predicted octanol–water partition coefficient (Wildman–Crippen LogP) is 3.95. The van der Waals surface area contributed by atoms with Crippen LogP contribution in [0.4, 0.5) is 4.39 Å². The van der Waals surface area contributed by atoms with Crippen LogP contribution in [-0.2, 0) is 6.54 Å². The van der Waals surface area contributed by atoms with E-state index in [0.29, 0.717) is 39.5 Å². The molecule has 0 spiro atoms. The summed E-state index contributed by atoms with van der Waals surface area (Å²) < 4.78 is 16.5. The Balaban J connectivity index is 1.82. The van der Waals surface area contributed by atoms with Crippen LogP contribution in [0.5, 0.6) is 0 Å². The number of carbonyl (C=O) groups is 2. The molecule has 0 aliphatic rings. The van der Waals surface area contributed by atoms with Crippen LogP contribution in [0.3, 0.4) is 0 Å². The van der Waals surface area contributed by atoms with Gasteiger partial charge in [-0.2, -0.15) is 0 Å². The van der Waals surface area contributed by atoms with Crippen LogP contribution in [0.1, 0.15) is 48.4 Å². The van der Waals surface area contributed by atoms with Gasteiger partial charge in [-0.05, 0) is 62.2 Å². The molecule has 0 aliphatic carbocycles. The molecule has 182 valence electrons. The molecular formula is C25H26FN5O3S. The fourth-order valence-corrected chi connectivity index (χ4v) is 4.58. The van der Waals surface area contributed by atoms with Gasteiger partial charge in [0.25, 0.3) is 11.5 Å². The second-order valence-electron chi connectivity index (χ2n) is 9.01. The number of Topliss-reactive ketones (excluding diaryl/α,β-unsaturated/α-hetero) is 1. The molecule has 0 saturated carbocycles. The van der Waals surface area contributed by atoms with Crippen molar-refractivity contribution >= 4 is 40.1 Å². The van der Waals surface area contributed by atoms with Crippen molar-refractivity contribution in [2.45, 2.75) is 45.4 Å². The van der Waals surface area contributed by atoms with Gasteiger partial charge in [-0.25, -0.2) is 4.39 Å². The summed E-state index contributed by atoms with van der Waals surface area (Å²) in [6, 6.07) is 10.2. The zero-order valence-corrected chi connectivity index (χ0v) is 20.7. The van der Waals surface area contributed by atoms with Gasteiger partial charge in [-0.15, -0.1) is 10.2 Å². The summed E-state index contributed by atoms with van der Waals surface area (Å²) in [5.41, 5.74) is 1.06. The van der Waals surface area contributed by atoms with E-state index in [1.165, 1.54) is 36.0 Å². The number of aromatic nitrogens is 4. The summed E-state index contributed by atoms with van der Waals surface area (Å²) in [4.78, 5) is 38.6. The first-order valence-corrected chi connectivity index (χ1v) is 12.3. The number of nitrogens with one attached hydrogen (secondary N) is 1. The lowest BCUT2D eigenvalue weighted by Crippen LogP contribution is -2.30. The molecule has 4 aromatic rings. The van der Waals surface area contributed by atoms with Crippen molar-refractivity contribution in [2.24, 2.45) is 5.92 Å². The lowest BCUT2D eigenvalue weighted by molar-refractivity contribution is 0.0942. The number of amides is 1. The van der Waals surface area contributed by atoms with Crippen LogP contribution < -0.4 is 10.9 Å². The highest BCUT2D eigenvalue weighted by Gasteiger charge is 2.20. The largest absolute Gasteiger partial charge is 0.350 e. The average molecular weight is 496 g/mol. The number of ketones is 1. The molecule has 2 heterocycles. The Hall–Kier alpha value is -3.53. The first-order chi connectivity index (χ1) is 16.7. The van der Waals surface area contributed by atoms with Crippen LogP contribution in [0, 0.1) is 11.7 Å². The lowest BCUT2D eigenvalue weighted by Gasteiger charge is -2.14. The van der Waals surface area contributed by atoms with E-state index in [0.717, 1.165) is 0 Å². The fraction of sp³-hybridized carbons (Fsp3) is 0.320. The maximum Gasteiger partial charge on any atom is 0.262 e. The first kappa shape index (κ1) is 24.6. The number of benzene rings is 2. The zero-order valence-electron chi connectivity index (χ0n) is 19.9. The Bertz CT molecular complexity index is 1470. The second-order valence-corrected chi connectivity index (χ2v) is 9.95. The molecule has 0 bridgehead atoms. The summed E-state index contributed by atoms with van der Waals surface area (Å²) in [6.45, 7) is 8.17. The molecule has 1 amide bonds. The van der Waals surface area contributed by atoms with Gasteiger partial charge >= 0.3 is 0 Å². The average Bonchev–Trinajstić information content (AvgIpc) is 3.23. The second kappa shape index (κ2) is 9.99. The highest BCUT2D eigenvalue weighted by atomic mass is 32.2. The Morgan fingerprint density at radius 3 is 2.37 bits per heavy atom. The number of fused-ring (bicyclic) bond motifs is 3. The van der Waals surface area contributed by atoms with Crippen LogP contribution in [0.15, 0.2) is 52.4 Å². The monoisotopic (exact) mass is 495 g/mol. The van der Waals surface area contributed by atoms with Gasteiger partial charge < -0.3 is 5.32 Å². The third-order valence-corrected chi connectivity index (χ3v) is 6.23. The van der Waals surface area contributed by atoms with E-state index in [-0.39, 0.29) is 35.0 Å². The zero-order chi connectivity index (χ0) is 25.3. The minimum atomic E-state index is -0.412. The Labute approximate surface area is 205 Å². The Morgan fingerprint density at radius 1 is 1.03 bits per heavy atom. The molecule has 8 nitrogen and oxygen atoms in total. The van der Waals surface area contributed by atoms with Crippen molar-refractivity contribution in [3.63, 3.8) is 0 Å². The molecule has 1 N–H and O–H groups in total. The summed E-state index contributed by atoms with van der Waals surface area (Å²) >= 11 is 1.17. The standard InChI is InChI=1S/C25H26FN5O3S/c1-14(2)12-30-23(34)19-10-7-17(22(33)27-15(3)4)11-20(19)31-24(30)28-29-25(31)35-13-21(32)16-5-8-18(26)9-6-16/h5-11,14-15H,12-13H2,1-4H3,(H,27,33). The molecule has 2 aromatic heterocycles. The van der Waals surface area contributed by atoms with Crippen molar-refractivity contribution in [1.29, 1.82) is 0 Å². The first-order valence-electron chi connectivity index (χ1n) is 11.3. The molecule has 0 atom stereocenters. The molecule has 0 unspecified atom stereocenters. The number of rotatable bonds is 8. The van der Waals surface area contributed by atoms with Crippen molar-refractivity contribution in [1.82, 2.24) is 24.5 Å². The minimum absolute atomic E-state index is 0.0456. The van der Waals surface area contributed by atoms with Crippen LogP contribution in [0.25, 0.3) is 16.7 Å². The number of halogens is 1. The number of nitrogens with zero attached hydrogens (tertiary/aromatic N) is 4. The number of carbonyl (C=O) groups excluding carboxylic acids is 2. The normalized spacial score (nSPS) is 11.6. The third kappa shape index (κ3) is 5.12. The van der Waals surface area contributed by atoms with Gasteiger partial charge in [-0.3, -0.25) is 23.4 Å². The number of hydrogen-bond donors (Lipinski definition) is 1. The molecule has 0 aliphatic heterocycles. The summed E-state index contributed by atoms with van der Waals surface area (Å²) in [5.74, 6) is -0.291. The van der Waals surface area contributed by atoms with Gasteiger partial charge in [0.1, 0.15) is 5.82 Å². The van der Waals surface area contributed by atoms with E-state index in [9.17, 15) is 18.8 Å². The van der Waals surface area contributed by atoms with Crippen molar-refractivity contribution in [3.05, 3.63) is 69.8 Å². The SMILES string of the molecule is CC(C)Cn1c(=O)c2ccc(C(=O)NC(C)C)cc2n2c(SCC(=O)c3ccc(F)cc3)nnc12. The summed E-state index contributed by atoms with van der Waals surface area (Å²) in [7, 11) is 0. The minimum Gasteiger partial charge on any atom is -0.350 e. The van der Waals surface area contributed by atoms with E-state index in [4.69, 9.17) is 0 Å². The highest BCUT2D eigenvalue weighted by Crippen LogP contribution is 2.24. The van der Waals surface area contributed by atoms with E-state index in [2.05, 4.69) is 15.5 Å². The van der Waals surface area contributed by atoms with E-state index < -0.39 is 5.82 Å². The quantitative estimate of drug-likeness (QED) is 0.294. The third-order valence-electron chi connectivity index (χ3n) is 5.30. The van der Waals surface area contributed by atoms with Crippen LogP contribution in [0.2, 0.25) is 0 Å². The molecule has 4 rings (SSSR count). The van der Waals surface area contributed by atoms with Gasteiger partial charge in [0.05, 0.1) is 16.7 Å². The Morgan fingerprint density at radius 2 is 1.71 bits per heavy atom. The van der Waals surface area contributed by atoms with E-state index >= 15 is 0 Å². The van der Waals surface area contributed by atoms with Crippen molar-refractivity contribution in [2.75, 3.05) is 5.75 Å². The highest BCUT2D eigenvalue weighted by molar-refractivity contribution is 7.99. The number of thioether (sulfide) groups is 1. The molecule has 2 aromatic carbocycles. The summed E-state index contributed by atoms with van der Waals surface area (Å²) in [6.07, 6.45) is 0. The Kier molecular flexibility index (Phi) is 7.02. The molecule has 0 fully saturated rings. The lowest BCUT2D eigenvalue weighted by atomic mass is 10.1. The van der Waals surface area contributed by atoms with Crippen LogP contribution >= 0.6 is 11.8 Å². The topological polar surface area (TPSA) is 98.4 Å². The maximum absolute atomic E-state index is 13.3. The van der Waals surface area contributed by atoms with E-state index in [1.54, 1.807) is 27.2 Å². The van der Waals surface area contributed by atoms with Gasteiger partial charge in [0.2, 0.25) is 5.78 Å². The fourth-order valence-electron chi connectivity index (χ4n) is 3.74. The van der Waals surface area contributed by atoms with E-state index in [1.807, 2.05) is 27.7 Å². The van der Waals surface area contributed by atoms with Gasteiger partial charge in [0.15, 0.2) is 10.9 Å². The molecular weight excluding hydrogens is 469 g/mol. The van der Waals surface area contributed by atoms with Gasteiger partial charge in [-0.1, -0.05) is 25.6 Å². The number of hydrogen-bond acceptors (Lipinski definition) is 6. The van der Waals surface area contributed by atoms with Gasteiger partial charge in [0, 0.05) is 23.7 Å². The molecule has 0 saturated heterocycles. The molecule has 0 radical (unpaired) electrons.